The van der Waals surface area contributed by atoms with Crippen LogP contribution < -0.4 is 0 Å². The van der Waals surface area contributed by atoms with Gasteiger partial charge in [0, 0.05) is 16.5 Å². The SMILES string of the molecule is O=C(c1ccc2ccccc2c1)N(Cc1cccs1)[C@@H]1CCS(=O)(=O)C1. The number of rotatable bonds is 4. The molecule has 0 radical (unpaired) electrons. The van der Waals surface area contributed by atoms with Crippen molar-refractivity contribution in [2.75, 3.05) is 11.5 Å². The van der Waals surface area contributed by atoms with Crippen LogP contribution in [0.5, 0.6) is 0 Å². The summed E-state index contributed by atoms with van der Waals surface area (Å²) in [6, 6.07) is 17.2. The summed E-state index contributed by atoms with van der Waals surface area (Å²) < 4.78 is 23.9. The third-order valence-corrected chi connectivity index (χ3v) is 7.42. The number of fused-ring (bicyclic) bond motifs is 1. The van der Waals surface area contributed by atoms with E-state index in [9.17, 15) is 13.2 Å². The predicted molar refractivity (Wildman–Crippen MR) is 105 cm³/mol. The van der Waals surface area contributed by atoms with Gasteiger partial charge in [0.1, 0.15) is 0 Å². The lowest BCUT2D eigenvalue weighted by atomic mass is 10.1. The Morgan fingerprint density at radius 2 is 1.88 bits per heavy atom. The fourth-order valence-corrected chi connectivity index (χ4v) is 5.88. The average molecular weight is 386 g/mol. The van der Waals surface area contributed by atoms with E-state index < -0.39 is 9.84 Å². The number of sulfone groups is 1. The van der Waals surface area contributed by atoms with E-state index in [1.807, 2.05) is 60.0 Å². The van der Waals surface area contributed by atoms with E-state index in [0.717, 1.165) is 15.6 Å². The zero-order valence-electron chi connectivity index (χ0n) is 14.2. The van der Waals surface area contributed by atoms with Gasteiger partial charge in [-0.05, 0) is 40.8 Å². The predicted octanol–water partition coefficient (Wildman–Crippen LogP) is 3.73. The van der Waals surface area contributed by atoms with Crippen LogP contribution in [0.4, 0.5) is 0 Å². The summed E-state index contributed by atoms with van der Waals surface area (Å²) in [7, 11) is -3.06. The van der Waals surface area contributed by atoms with E-state index in [4.69, 9.17) is 0 Å². The molecule has 2 aromatic carbocycles. The van der Waals surface area contributed by atoms with Gasteiger partial charge in [0.25, 0.3) is 5.91 Å². The van der Waals surface area contributed by atoms with Crippen molar-refractivity contribution in [3.63, 3.8) is 0 Å². The quantitative estimate of drug-likeness (QED) is 0.688. The fourth-order valence-electron chi connectivity index (χ4n) is 3.45. The topological polar surface area (TPSA) is 54.5 Å². The molecule has 1 fully saturated rings. The Hall–Kier alpha value is -2.18. The van der Waals surface area contributed by atoms with Crippen molar-refractivity contribution in [1.82, 2.24) is 4.90 Å². The highest BCUT2D eigenvalue weighted by atomic mass is 32.2. The molecule has 0 spiro atoms. The number of carbonyl (C=O) groups is 1. The normalized spacial score (nSPS) is 18.8. The maximum Gasteiger partial charge on any atom is 0.254 e. The molecule has 0 aliphatic carbocycles. The van der Waals surface area contributed by atoms with Crippen molar-refractivity contribution in [2.24, 2.45) is 0 Å². The first-order valence-corrected chi connectivity index (χ1v) is 11.2. The number of carbonyl (C=O) groups excluding carboxylic acids is 1. The van der Waals surface area contributed by atoms with Gasteiger partial charge in [-0.2, -0.15) is 0 Å². The Balaban J connectivity index is 1.68. The summed E-state index contributed by atoms with van der Waals surface area (Å²) in [5.41, 5.74) is 0.601. The van der Waals surface area contributed by atoms with Crippen LogP contribution >= 0.6 is 11.3 Å². The van der Waals surface area contributed by atoms with Crippen LogP contribution in [0.1, 0.15) is 21.7 Å². The first-order chi connectivity index (χ1) is 12.5. The molecular formula is C20H19NO3S2. The van der Waals surface area contributed by atoms with Crippen LogP contribution in [0, 0.1) is 0 Å². The number of hydrogen-bond donors (Lipinski definition) is 0. The Morgan fingerprint density at radius 3 is 2.58 bits per heavy atom. The molecule has 1 aromatic heterocycles. The molecular weight excluding hydrogens is 366 g/mol. The molecule has 0 bridgehead atoms. The number of benzene rings is 2. The van der Waals surface area contributed by atoms with E-state index in [1.165, 1.54) is 0 Å². The second kappa shape index (κ2) is 6.85. The number of amides is 1. The van der Waals surface area contributed by atoms with Crippen molar-refractivity contribution in [2.45, 2.75) is 19.0 Å². The van der Waals surface area contributed by atoms with Gasteiger partial charge in [-0.3, -0.25) is 4.79 Å². The van der Waals surface area contributed by atoms with Gasteiger partial charge >= 0.3 is 0 Å². The van der Waals surface area contributed by atoms with E-state index in [2.05, 4.69) is 0 Å². The summed E-state index contributed by atoms with van der Waals surface area (Å²) in [5.74, 6) is 0.104. The first kappa shape index (κ1) is 17.2. The molecule has 0 unspecified atom stereocenters. The molecule has 1 saturated heterocycles. The van der Waals surface area contributed by atoms with Crippen molar-refractivity contribution in [3.8, 4) is 0 Å². The molecule has 2 heterocycles. The molecule has 26 heavy (non-hydrogen) atoms. The number of nitrogens with zero attached hydrogens (tertiary/aromatic N) is 1. The molecule has 1 amide bonds. The smallest absolute Gasteiger partial charge is 0.254 e. The molecule has 4 nitrogen and oxygen atoms in total. The van der Waals surface area contributed by atoms with Crippen LogP contribution in [0.25, 0.3) is 10.8 Å². The summed E-state index contributed by atoms with van der Waals surface area (Å²) in [5, 5.41) is 4.06. The summed E-state index contributed by atoms with van der Waals surface area (Å²) in [6.07, 6.45) is 0.507. The average Bonchev–Trinajstić information content (AvgIpc) is 3.27. The summed E-state index contributed by atoms with van der Waals surface area (Å²) in [6.45, 7) is 0.448. The largest absolute Gasteiger partial charge is 0.329 e. The van der Waals surface area contributed by atoms with Gasteiger partial charge in [0.2, 0.25) is 0 Å². The van der Waals surface area contributed by atoms with Gasteiger partial charge in [0.05, 0.1) is 18.1 Å². The van der Waals surface area contributed by atoms with Gasteiger partial charge in [-0.25, -0.2) is 8.42 Å². The highest BCUT2D eigenvalue weighted by Gasteiger charge is 2.35. The summed E-state index contributed by atoms with van der Waals surface area (Å²) in [4.78, 5) is 16.0. The monoisotopic (exact) mass is 385 g/mol. The molecule has 1 atom stereocenters. The Morgan fingerprint density at radius 1 is 1.08 bits per heavy atom. The second-order valence-corrected chi connectivity index (χ2v) is 9.89. The molecule has 6 heteroatoms. The van der Waals surface area contributed by atoms with Gasteiger partial charge in [-0.15, -0.1) is 11.3 Å². The van der Waals surface area contributed by atoms with Crippen LogP contribution in [-0.4, -0.2) is 36.8 Å². The molecule has 1 aliphatic heterocycles. The molecule has 0 N–H and O–H groups in total. The van der Waals surface area contributed by atoms with Crippen molar-refractivity contribution >= 4 is 37.9 Å². The zero-order valence-corrected chi connectivity index (χ0v) is 15.8. The number of hydrogen-bond acceptors (Lipinski definition) is 4. The third-order valence-electron chi connectivity index (χ3n) is 4.81. The highest BCUT2D eigenvalue weighted by Crippen LogP contribution is 2.25. The van der Waals surface area contributed by atoms with Crippen molar-refractivity contribution in [1.29, 1.82) is 0 Å². The standard InChI is InChI=1S/C20H19NO3S2/c22-20(17-8-7-15-4-1-2-5-16(15)12-17)21(13-19-6-3-10-25-19)18-9-11-26(23,24)14-18/h1-8,10,12,18H,9,11,13-14H2/t18-/m1/s1. The minimum absolute atomic E-state index is 0.0533. The van der Waals surface area contributed by atoms with Gasteiger partial charge < -0.3 is 4.90 Å². The molecule has 3 aromatic rings. The van der Waals surface area contributed by atoms with Gasteiger partial charge in [-0.1, -0.05) is 36.4 Å². The van der Waals surface area contributed by atoms with Crippen LogP contribution in [0.2, 0.25) is 0 Å². The van der Waals surface area contributed by atoms with E-state index in [-0.39, 0.29) is 23.5 Å². The Kier molecular flexibility index (Phi) is 4.54. The van der Waals surface area contributed by atoms with E-state index >= 15 is 0 Å². The van der Waals surface area contributed by atoms with Gasteiger partial charge in [0.15, 0.2) is 9.84 Å². The second-order valence-electron chi connectivity index (χ2n) is 6.63. The van der Waals surface area contributed by atoms with Crippen LogP contribution in [0.3, 0.4) is 0 Å². The minimum atomic E-state index is -3.06. The third kappa shape index (κ3) is 3.52. The lowest BCUT2D eigenvalue weighted by Gasteiger charge is -2.28. The minimum Gasteiger partial charge on any atom is -0.329 e. The molecule has 134 valence electrons. The summed E-state index contributed by atoms with van der Waals surface area (Å²) >= 11 is 1.58. The molecule has 4 rings (SSSR count). The molecule has 1 aliphatic rings. The lowest BCUT2D eigenvalue weighted by molar-refractivity contribution is 0.0683. The molecule has 0 saturated carbocycles. The Bertz CT molecular complexity index is 1040. The maximum atomic E-state index is 13.2. The van der Waals surface area contributed by atoms with Crippen molar-refractivity contribution in [3.05, 3.63) is 70.4 Å². The van der Waals surface area contributed by atoms with Crippen LogP contribution in [-0.2, 0) is 16.4 Å². The zero-order chi connectivity index (χ0) is 18.1. The maximum absolute atomic E-state index is 13.2. The first-order valence-electron chi connectivity index (χ1n) is 8.54. The highest BCUT2D eigenvalue weighted by molar-refractivity contribution is 7.91. The van der Waals surface area contributed by atoms with Crippen LogP contribution in [0.15, 0.2) is 60.0 Å². The number of thiophene rings is 1. The van der Waals surface area contributed by atoms with Crippen molar-refractivity contribution < 1.29 is 13.2 Å². The lowest BCUT2D eigenvalue weighted by Crippen LogP contribution is -2.40. The van der Waals surface area contributed by atoms with E-state index in [0.29, 0.717) is 18.5 Å². The van der Waals surface area contributed by atoms with E-state index in [1.54, 1.807) is 16.2 Å². The Labute approximate surface area is 157 Å². The fraction of sp³-hybridized carbons (Fsp3) is 0.250.